The van der Waals surface area contributed by atoms with Crippen LogP contribution in [-0.4, -0.2) is 20.6 Å². The molecule has 1 N–H and O–H groups in total. The lowest BCUT2D eigenvalue weighted by atomic mass is 10.2. The van der Waals surface area contributed by atoms with Crippen LogP contribution in [0.25, 0.3) is 11.0 Å². The maximum Gasteiger partial charge on any atom is 0.178 e. The number of halogens is 2. The number of rotatable bonds is 3. The maximum absolute atomic E-state index is 13.9. The monoisotopic (exact) mass is 374 g/mol. The Labute approximate surface area is 135 Å². The molecule has 0 amide bonds. The molecule has 1 aromatic heterocycles. The summed E-state index contributed by atoms with van der Waals surface area (Å²) in [5, 5.41) is 0.581. The van der Waals surface area contributed by atoms with Gasteiger partial charge in [0.15, 0.2) is 4.77 Å². The number of aromatic amines is 1. The number of fused-ring (bicyclic) bond motifs is 1. The molecule has 2 aromatic rings. The van der Waals surface area contributed by atoms with Gasteiger partial charge in [-0.3, -0.25) is 0 Å². The zero-order chi connectivity index (χ0) is 14.3. The molecule has 1 aromatic carbocycles. The summed E-state index contributed by atoms with van der Waals surface area (Å²) in [6, 6.07) is 3.73. The first-order chi connectivity index (χ1) is 9.61. The van der Waals surface area contributed by atoms with E-state index in [0.29, 0.717) is 20.5 Å². The van der Waals surface area contributed by atoms with Crippen molar-refractivity contribution in [2.75, 3.05) is 5.75 Å². The van der Waals surface area contributed by atoms with Crippen molar-refractivity contribution in [3.63, 3.8) is 0 Å². The summed E-state index contributed by atoms with van der Waals surface area (Å²) in [5.74, 6) is 0.870. The number of thioether (sulfide) groups is 1. The molecule has 0 spiro atoms. The second-order valence-corrected chi connectivity index (χ2v) is 7.83. The average molecular weight is 375 g/mol. The Balaban J connectivity index is 2.13. The zero-order valence-corrected chi connectivity index (χ0v) is 14.4. The van der Waals surface area contributed by atoms with Gasteiger partial charge in [-0.25, -0.2) is 4.39 Å². The van der Waals surface area contributed by atoms with Crippen molar-refractivity contribution >= 4 is 50.9 Å². The number of hydrogen-bond donors (Lipinski definition) is 1. The Morgan fingerprint density at radius 3 is 3.05 bits per heavy atom. The lowest BCUT2D eigenvalue weighted by Gasteiger charge is -2.21. The second-order valence-electron chi connectivity index (χ2n) is 5.08. The van der Waals surface area contributed by atoms with Crippen LogP contribution in [0.5, 0.6) is 0 Å². The smallest absolute Gasteiger partial charge is 0.178 e. The maximum atomic E-state index is 13.9. The number of nitrogens with one attached hydrogen (secondary N) is 1. The van der Waals surface area contributed by atoms with Gasteiger partial charge in [0.05, 0.1) is 15.5 Å². The summed E-state index contributed by atoms with van der Waals surface area (Å²) in [6.07, 6.45) is 3.56. The van der Waals surface area contributed by atoms with Crippen molar-refractivity contribution < 1.29 is 4.39 Å². The Hall–Kier alpha value is -0.330. The first-order valence-corrected chi connectivity index (χ1v) is 9.07. The third kappa shape index (κ3) is 2.46. The number of H-pyrrole nitrogens is 1. The molecule has 6 heteroatoms. The molecule has 2 unspecified atom stereocenters. The topological polar surface area (TPSA) is 20.7 Å². The first kappa shape index (κ1) is 14.6. The Kier molecular flexibility index (Phi) is 4.24. The largest absolute Gasteiger partial charge is 0.331 e. The summed E-state index contributed by atoms with van der Waals surface area (Å²) in [7, 11) is 0. The van der Waals surface area contributed by atoms with Gasteiger partial charge < -0.3 is 9.55 Å². The van der Waals surface area contributed by atoms with Gasteiger partial charge in [0.1, 0.15) is 5.82 Å². The van der Waals surface area contributed by atoms with Gasteiger partial charge in [0, 0.05) is 17.4 Å². The summed E-state index contributed by atoms with van der Waals surface area (Å²) in [5.41, 5.74) is 1.78. The fourth-order valence-electron chi connectivity index (χ4n) is 3.06. The minimum Gasteiger partial charge on any atom is -0.331 e. The molecule has 20 heavy (non-hydrogen) atoms. The van der Waals surface area contributed by atoms with Gasteiger partial charge in [-0.2, -0.15) is 11.8 Å². The van der Waals surface area contributed by atoms with Crippen molar-refractivity contribution in [1.82, 2.24) is 9.55 Å². The summed E-state index contributed by atoms with van der Waals surface area (Å²) >= 11 is 10.7. The minimum atomic E-state index is -0.238. The van der Waals surface area contributed by atoms with E-state index in [1.807, 2.05) is 11.8 Å². The standard InChI is InChI=1S/C14H16BrFN2S2/c1-2-20-13-5-3-4-11(13)18-12-7-9(16)8(15)6-10(12)17-14(18)19/h6-7,11,13H,2-5H2,1H3,(H,17,19). The fourth-order valence-corrected chi connectivity index (χ4v) is 4.99. The van der Waals surface area contributed by atoms with Gasteiger partial charge in [-0.1, -0.05) is 13.3 Å². The van der Waals surface area contributed by atoms with Crippen LogP contribution < -0.4 is 0 Å². The molecular weight excluding hydrogens is 359 g/mol. The third-order valence-electron chi connectivity index (χ3n) is 3.89. The first-order valence-electron chi connectivity index (χ1n) is 6.82. The lowest BCUT2D eigenvalue weighted by Crippen LogP contribution is -2.16. The Bertz CT molecular complexity index is 694. The number of imidazole rings is 1. The van der Waals surface area contributed by atoms with Crippen LogP contribution in [0.2, 0.25) is 0 Å². The number of aromatic nitrogens is 2. The highest BCUT2D eigenvalue weighted by Crippen LogP contribution is 2.40. The van der Waals surface area contributed by atoms with Gasteiger partial charge in [0.25, 0.3) is 0 Å². The second kappa shape index (κ2) is 5.81. The van der Waals surface area contributed by atoms with E-state index in [4.69, 9.17) is 12.2 Å². The zero-order valence-electron chi connectivity index (χ0n) is 11.2. The molecular formula is C14H16BrFN2S2. The summed E-state index contributed by atoms with van der Waals surface area (Å²) in [4.78, 5) is 3.21. The van der Waals surface area contributed by atoms with Crippen LogP contribution in [0, 0.1) is 10.6 Å². The molecule has 2 nitrogen and oxygen atoms in total. The number of nitrogens with zero attached hydrogens (tertiary/aromatic N) is 1. The highest BCUT2D eigenvalue weighted by molar-refractivity contribution is 9.10. The molecule has 1 heterocycles. The molecule has 0 radical (unpaired) electrons. The van der Waals surface area contributed by atoms with Gasteiger partial charge in [-0.15, -0.1) is 0 Å². The van der Waals surface area contributed by atoms with Crippen LogP contribution in [0.1, 0.15) is 32.2 Å². The van der Waals surface area contributed by atoms with E-state index in [1.54, 1.807) is 12.1 Å². The molecule has 0 bridgehead atoms. The van der Waals surface area contributed by atoms with E-state index in [0.717, 1.165) is 23.2 Å². The Morgan fingerprint density at radius 2 is 2.30 bits per heavy atom. The van der Waals surface area contributed by atoms with E-state index in [-0.39, 0.29) is 5.82 Å². The third-order valence-corrected chi connectivity index (χ3v) is 6.11. The summed E-state index contributed by atoms with van der Waals surface area (Å²) < 4.78 is 17.2. The molecule has 0 saturated heterocycles. The van der Waals surface area contributed by atoms with E-state index in [9.17, 15) is 4.39 Å². The molecule has 1 saturated carbocycles. The molecule has 1 aliphatic rings. The highest BCUT2D eigenvalue weighted by atomic mass is 79.9. The van der Waals surface area contributed by atoms with Gasteiger partial charge in [-0.05, 0) is 52.8 Å². The SMILES string of the molecule is CCSC1CCCC1n1c(=S)[nH]c2cc(Br)c(F)cc21. The fraction of sp³-hybridized carbons (Fsp3) is 0.500. The molecule has 0 aliphatic heterocycles. The van der Waals surface area contributed by atoms with Crippen LogP contribution in [-0.2, 0) is 0 Å². The molecule has 3 rings (SSSR count). The van der Waals surface area contributed by atoms with Gasteiger partial charge in [0.2, 0.25) is 0 Å². The molecule has 2 atom stereocenters. The van der Waals surface area contributed by atoms with E-state index < -0.39 is 0 Å². The summed E-state index contributed by atoms with van der Waals surface area (Å²) in [6.45, 7) is 2.19. The number of hydrogen-bond acceptors (Lipinski definition) is 2. The van der Waals surface area contributed by atoms with E-state index >= 15 is 0 Å². The van der Waals surface area contributed by atoms with Crippen molar-refractivity contribution in [2.24, 2.45) is 0 Å². The van der Waals surface area contributed by atoms with Crippen molar-refractivity contribution in [3.05, 3.63) is 27.2 Å². The van der Waals surface area contributed by atoms with Crippen LogP contribution in [0.4, 0.5) is 4.39 Å². The Morgan fingerprint density at radius 1 is 1.50 bits per heavy atom. The lowest BCUT2D eigenvalue weighted by molar-refractivity contribution is 0.534. The van der Waals surface area contributed by atoms with Crippen LogP contribution in [0.3, 0.4) is 0 Å². The molecule has 1 fully saturated rings. The van der Waals surface area contributed by atoms with Crippen LogP contribution in [0.15, 0.2) is 16.6 Å². The van der Waals surface area contributed by atoms with Crippen LogP contribution >= 0.6 is 39.9 Å². The minimum absolute atomic E-state index is 0.238. The van der Waals surface area contributed by atoms with Crippen molar-refractivity contribution in [1.29, 1.82) is 0 Å². The predicted octanol–water partition coefficient (Wildman–Crippen LogP) is 5.45. The van der Waals surface area contributed by atoms with Crippen molar-refractivity contribution in [3.8, 4) is 0 Å². The highest BCUT2D eigenvalue weighted by Gasteiger charge is 2.30. The molecule has 108 valence electrons. The average Bonchev–Trinajstić information content (AvgIpc) is 2.95. The van der Waals surface area contributed by atoms with Crippen molar-refractivity contribution in [2.45, 2.75) is 37.5 Å². The van der Waals surface area contributed by atoms with Gasteiger partial charge >= 0.3 is 0 Å². The predicted molar refractivity (Wildman–Crippen MR) is 89.6 cm³/mol. The van der Waals surface area contributed by atoms with E-state index in [1.165, 1.54) is 12.8 Å². The number of benzene rings is 1. The van der Waals surface area contributed by atoms with E-state index in [2.05, 4.69) is 32.4 Å². The molecule has 1 aliphatic carbocycles. The normalized spacial score (nSPS) is 22.8. The quantitative estimate of drug-likeness (QED) is 0.721.